The number of amides is 1. The molecule has 6 nitrogen and oxygen atoms in total. The van der Waals surface area contributed by atoms with Crippen LogP contribution < -0.4 is 10.6 Å². The summed E-state index contributed by atoms with van der Waals surface area (Å²) in [5.41, 5.74) is 1.11. The summed E-state index contributed by atoms with van der Waals surface area (Å²) in [5.74, 6) is 0.483. The van der Waals surface area contributed by atoms with E-state index in [-0.39, 0.29) is 11.6 Å². The summed E-state index contributed by atoms with van der Waals surface area (Å²) in [7, 11) is 0. The van der Waals surface area contributed by atoms with E-state index < -0.39 is 0 Å². The number of carbonyl (C=O) groups is 1. The zero-order valence-electron chi connectivity index (χ0n) is 12.5. The Morgan fingerprint density at radius 2 is 2.09 bits per heavy atom. The first-order chi connectivity index (χ1) is 10.6. The van der Waals surface area contributed by atoms with Crippen molar-refractivity contribution < 1.29 is 4.79 Å². The second-order valence-corrected chi connectivity index (χ2v) is 5.15. The van der Waals surface area contributed by atoms with Crippen molar-refractivity contribution >= 4 is 17.5 Å². The van der Waals surface area contributed by atoms with Crippen LogP contribution in [0.4, 0.5) is 11.6 Å². The Kier molecular flexibility index (Phi) is 5.04. The lowest BCUT2D eigenvalue weighted by Gasteiger charge is -2.09. The van der Waals surface area contributed by atoms with E-state index in [1.807, 2.05) is 6.07 Å². The quantitative estimate of drug-likeness (QED) is 0.885. The zero-order valence-corrected chi connectivity index (χ0v) is 12.5. The van der Waals surface area contributed by atoms with E-state index in [9.17, 15) is 4.79 Å². The molecule has 1 amide bonds. The van der Waals surface area contributed by atoms with Gasteiger partial charge in [0.1, 0.15) is 11.8 Å². The van der Waals surface area contributed by atoms with Gasteiger partial charge in [-0.1, -0.05) is 26.0 Å². The average molecular weight is 295 g/mol. The van der Waals surface area contributed by atoms with E-state index >= 15 is 0 Å². The summed E-state index contributed by atoms with van der Waals surface area (Å²) in [4.78, 5) is 20.5. The Morgan fingerprint density at radius 1 is 1.32 bits per heavy atom. The lowest BCUT2D eigenvalue weighted by Crippen LogP contribution is -2.17. The number of carbonyl (C=O) groups excluding carboxylic acids is 1. The second-order valence-electron chi connectivity index (χ2n) is 5.15. The number of anilines is 2. The molecule has 22 heavy (non-hydrogen) atoms. The molecule has 0 bridgehead atoms. The first-order valence-electron chi connectivity index (χ1n) is 6.97. The van der Waals surface area contributed by atoms with Crippen LogP contribution in [-0.2, 0) is 0 Å². The van der Waals surface area contributed by atoms with Crippen LogP contribution in [0.3, 0.4) is 0 Å². The molecule has 0 unspecified atom stereocenters. The van der Waals surface area contributed by atoms with Gasteiger partial charge < -0.3 is 10.6 Å². The van der Waals surface area contributed by atoms with Crippen molar-refractivity contribution in [3.8, 4) is 6.07 Å². The molecule has 0 spiro atoms. The van der Waals surface area contributed by atoms with Gasteiger partial charge in [0.15, 0.2) is 0 Å². The molecule has 0 saturated carbocycles. The van der Waals surface area contributed by atoms with E-state index in [1.54, 1.807) is 24.3 Å². The lowest BCUT2D eigenvalue weighted by atomic mass is 10.2. The van der Waals surface area contributed by atoms with Gasteiger partial charge in [0.2, 0.25) is 5.95 Å². The van der Waals surface area contributed by atoms with E-state index in [0.29, 0.717) is 23.1 Å². The van der Waals surface area contributed by atoms with Crippen LogP contribution in [0.15, 0.2) is 36.5 Å². The van der Waals surface area contributed by atoms with Crippen LogP contribution in [0.5, 0.6) is 0 Å². The van der Waals surface area contributed by atoms with Crippen molar-refractivity contribution in [1.29, 1.82) is 5.26 Å². The Hall–Kier alpha value is -2.94. The predicted octanol–water partition coefficient (Wildman–Crippen LogP) is 2.67. The molecule has 0 aliphatic carbocycles. The number of nitrogens with zero attached hydrogens (tertiary/aromatic N) is 3. The highest BCUT2D eigenvalue weighted by atomic mass is 16.1. The maximum Gasteiger partial charge on any atom is 0.274 e. The van der Waals surface area contributed by atoms with E-state index in [4.69, 9.17) is 5.26 Å². The lowest BCUT2D eigenvalue weighted by molar-refractivity contribution is 0.102. The fourth-order valence-electron chi connectivity index (χ4n) is 1.74. The highest BCUT2D eigenvalue weighted by Gasteiger charge is 2.11. The number of hydrogen-bond donors (Lipinski definition) is 2. The summed E-state index contributed by atoms with van der Waals surface area (Å²) in [5, 5.41) is 14.8. The van der Waals surface area contributed by atoms with Crippen LogP contribution in [0.25, 0.3) is 0 Å². The molecule has 2 aromatic rings. The Bertz CT molecular complexity index is 706. The van der Waals surface area contributed by atoms with Crippen LogP contribution in [-0.4, -0.2) is 22.4 Å². The van der Waals surface area contributed by atoms with E-state index in [2.05, 4.69) is 34.4 Å². The molecule has 1 heterocycles. The van der Waals surface area contributed by atoms with Crippen molar-refractivity contribution in [3.05, 3.63) is 47.8 Å². The first kappa shape index (κ1) is 15.4. The van der Waals surface area contributed by atoms with Gasteiger partial charge in [-0.2, -0.15) is 5.26 Å². The van der Waals surface area contributed by atoms with Gasteiger partial charge in [0.25, 0.3) is 5.91 Å². The molecule has 0 aliphatic rings. The second kappa shape index (κ2) is 7.18. The van der Waals surface area contributed by atoms with Gasteiger partial charge in [0.05, 0.1) is 11.3 Å². The SMILES string of the molecule is CC(C)CNc1nccc(C(=O)Nc2ccccc2C#N)n1. The Balaban J connectivity index is 2.13. The minimum absolute atomic E-state index is 0.244. The number of benzene rings is 1. The molecule has 1 aromatic heterocycles. The van der Waals surface area contributed by atoms with E-state index in [1.165, 1.54) is 12.3 Å². The minimum Gasteiger partial charge on any atom is -0.354 e. The van der Waals surface area contributed by atoms with Gasteiger partial charge in [-0.05, 0) is 24.1 Å². The van der Waals surface area contributed by atoms with Crippen molar-refractivity contribution in [2.45, 2.75) is 13.8 Å². The topological polar surface area (TPSA) is 90.7 Å². The number of rotatable bonds is 5. The van der Waals surface area contributed by atoms with Crippen molar-refractivity contribution in [2.75, 3.05) is 17.2 Å². The third-order valence-electron chi connectivity index (χ3n) is 2.85. The van der Waals surface area contributed by atoms with Crippen LogP contribution in [0.2, 0.25) is 0 Å². The predicted molar refractivity (Wildman–Crippen MR) is 84.5 cm³/mol. The molecule has 0 aliphatic heterocycles. The maximum absolute atomic E-state index is 12.2. The maximum atomic E-state index is 12.2. The fraction of sp³-hybridized carbons (Fsp3) is 0.250. The van der Waals surface area contributed by atoms with Gasteiger partial charge in [-0.3, -0.25) is 4.79 Å². The summed E-state index contributed by atoms with van der Waals surface area (Å²) < 4.78 is 0. The van der Waals surface area contributed by atoms with Crippen molar-refractivity contribution in [2.24, 2.45) is 5.92 Å². The third kappa shape index (κ3) is 4.03. The molecular formula is C16H17N5O. The Morgan fingerprint density at radius 3 is 2.82 bits per heavy atom. The normalized spacial score (nSPS) is 10.1. The summed E-state index contributed by atoms with van der Waals surface area (Å²) in [6.45, 7) is 4.87. The molecule has 0 radical (unpaired) electrons. The highest BCUT2D eigenvalue weighted by Crippen LogP contribution is 2.14. The first-order valence-corrected chi connectivity index (χ1v) is 6.97. The third-order valence-corrected chi connectivity index (χ3v) is 2.85. The smallest absolute Gasteiger partial charge is 0.274 e. The van der Waals surface area contributed by atoms with Gasteiger partial charge in [-0.15, -0.1) is 0 Å². The summed E-state index contributed by atoms with van der Waals surface area (Å²) in [6.07, 6.45) is 1.53. The number of aromatic nitrogens is 2. The fourth-order valence-corrected chi connectivity index (χ4v) is 1.74. The van der Waals surface area contributed by atoms with Crippen LogP contribution in [0, 0.1) is 17.2 Å². The Labute approximate surface area is 129 Å². The average Bonchev–Trinajstić information content (AvgIpc) is 2.53. The molecule has 2 N–H and O–H groups in total. The molecule has 6 heteroatoms. The molecule has 2 rings (SSSR count). The molecule has 112 valence electrons. The highest BCUT2D eigenvalue weighted by molar-refractivity contribution is 6.03. The number of nitriles is 1. The van der Waals surface area contributed by atoms with Crippen molar-refractivity contribution in [1.82, 2.24) is 9.97 Å². The zero-order chi connectivity index (χ0) is 15.9. The number of para-hydroxylation sites is 1. The number of hydrogen-bond acceptors (Lipinski definition) is 5. The summed E-state index contributed by atoms with van der Waals surface area (Å²) in [6, 6.07) is 10.4. The van der Waals surface area contributed by atoms with Gasteiger partial charge in [-0.25, -0.2) is 9.97 Å². The molecular weight excluding hydrogens is 278 g/mol. The van der Waals surface area contributed by atoms with Crippen molar-refractivity contribution in [3.63, 3.8) is 0 Å². The number of nitrogens with one attached hydrogen (secondary N) is 2. The minimum atomic E-state index is -0.377. The van der Waals surface area contributed by atoms with Gasteiger partial charge in [0, 0.05) is 12.7 Å². The molecule has 1 aromatic carbocycles. The standard InChI is InChI=1S/C16H17N5O/c1-11(2)10-19-16-18-8-7-14(21-16)15(22)20-13-6-4-3-5-12(13)9-17/h3-8,11H,10H2,1-2H3,(H,20,22)(H,18,19,21). The largest absolute Gasteiger partial charge is 0.354 e. The van der Waals surface area contributed by atoms with Gasteiger partial charge >= 0.3 is 0 Å². The summed E-state index contributed by atoms with van der Waals surface area (Å²) >= 11 is 0. The van der Waals surface area contributed by atoms with Crippen LogP contribution >= 0.6 is 0 Å². The van der Waals surface area contributed by atoms with E-state index in [0.717, 1.165) is 6.54 Å². The van der Waals surface area contributed by atoms with Crippen LogP contribution in [0.1, 0.15) is 29.9 Å². The molecule has 0 fully saturated rings. The molecule has 0 atom stereocenters. The molecule has 0 saturated heterocycles. The monoisotopic (exact) mass is 295 g/mol.